The molecule has 0 aromatic heterocycles. The molecule has 120 valence electrons. The van der Waals surface area contributed by atoms with Crippen molar-refractivity contribution in [1.29, 1.82) is 0 Å². The summed E-state index contributed by atoms with van der Waals surface area (Å²) in [5, 5.41) is 14.9. The molecule has 1 amide bonds. The summed E-state index contributed by atoms with van der Waals surface area (Å²) in [5.41, 5.74) is 2.67. The lowest BCUT2D eigenvalue weighted by Gasteiger charge is -2.14. The van der Waals surface area contributed by atoms with Gasteiger partial charge in [0, 0.05) is 12.2 Å². The Balaban J connectivity index is 1.91. The van der Waals surface area contributed by atoms with Crippen LogP contribution in [0.15, 0.2) is 54.6 Å². The number of carbonyl (C=O) groups is 2. The van der Waals surface area contributed by atoms with Crippen LogP contribution in [0.25, 0.3) is 0 Å². The van der Waals surface area contributed by atoms with E-state index < -0.39 is 12.0 Å². The highest BCUT2D eigenvalue weighted by molar-refractivity contribution is 5.94. The lowest BCUT2D eigenvalue weighted by atomic mass is 10.1. The number of carbonyl (C=O) groups excluding carboxylic acids is 1. The largest absolute Gasteiger partial charge is 0.480 e. The van der Waals surface area contributed by atoms with Gasteiger partial charge in [-0.2, -0.15) is 0 Å². The predicted octanol–water partition coefficient (Wildman–Crippen LogP) is 2.57. The van der Waals surface area contributed by atoms with Gasteiger partial charge in [0.05, 0.1) is 6.42 Å². The second kappa shape index (κ2) is 8.10. The number of hydrogen-bond donors (Lipinski definition) is 3. The molecule has 0 heterocycles. The first-order chi connectivity index (χ1) is 11.0. The number of aryl methyl sites for hydroxylation is 1. The van der Waals surface area contributed by atoms with E-state index in [0.29, 0.717) is 12.2 Å². The fourth-order valence-electron chi connectivity index (χ4n) is 2.20. The van der Waals surface area contributed by atoms with E-state index in [0.717, 1.165) is 11.1 Å². The summed E-state index contributed by atoms with van der Waals surface area (Å²) < 4.78 is 0. The van der Waals surface area contributed by atoms with E-state index in [1.807, 2.05) is 55.5 Å². The van der Waals surface area contributed by atoms with Crippen molar-refractivity contribution in [2.24, 2.45) is 0 Å². The Morgan fingerprint density at radius 3 is 2.48 bits per heavy atom. The molecule has 0 fully saturated rings. The molecule has 0 radical (unpaired) electrons. The van der Waals surface area contributed by atoms with Crippen molar-refractivity contribution in [3.8, 4) is 0 Å². The van der Waals surface area contributed by atoms with Crippen LogP contribution >= 0.6 is 0 Å². The third kappa shape index (κ3) is 5.56. The second-order valence-electron chi connectivity index (χ2n) is 5.38. The number of anilines is 1. The number of aliphatic carboxylic acids is 1. The zero-order chi connectivity index (χ0) is 16.7. The molecule has 0 aliphatic carbocycles. The van der Waals surface area contributed by atoms with Crippen LogP contribution in [-0.4, -0.2) is 23.0 Å². The highest BCUT2D eigenvalue weighted by atomic mass is 16.4. The third-order valence-electron chi connectivity index (χ3n) is 3.38. The van der Waals surface area contributed by atoms with Crippen LogP contribution in [0.5, 0.6) is 0 Å². The Bertz CT molecular complexity index is 671. The van der Waals surface area contributed by atoms with E-state index in [2.05, 4.69) is 10.6 Å². The first-order valence-electron chi connectivity index (χ1n) is 7.41. The van der Waals surface area contributed by atoms with Crippen molar-refractivity contribution < 1.29 is 14.7 Å². The molecule has 0 aliphatic rings. The second-order valence-corrected chi connectivity index (χ2v) is 5.38. The Morgan fingerprint density at radius 2 is 1.83 bits per heavy atom. The zero-order valence-electron chi connectivity index (χ0n) is 13.0. The molecule has 3 N–H and O–H groups in total. The van der Waals surface area contributed by atoms with Gasteiger partial charge in [-0.3, -0.25) is 14.9 Å². The Morgan fingerprint density at radius 1 is 1.09 bits per heavy atom. The SMILES string of the molecule is Cc1cccc(NC(=O)C[C@@H](NCc2ccccc2)C(=O)O)c1. The van der Waals surface area contributed by atoms with Crippen molar-refractivity contribution in [3.63, 3.8) is 0 Å². The van der Waals surface area contributed by atoms with E-state index in [-0.39, 0.29) is 12.3 Å². The van der Waals surface area contributed by atoms with E-state index in [1.165, 1.54) is 0 Å². The van der Waals surface area contributed by atoms with Crippen LogP contribution in [0.4, 0.5) is 5.69 Å². The van der Waals surface area contributed by atoms with E-state index in [4.69, 9.17) is 0 Å². The van der Waals surface area contributed by atoms with Crippen LogP contribution in [0.1, 0.15) is 17.5 Å². The average Bonchev–Trinajstić information content (AvgIpc) is 2.52. The first kappa shape index (κ1) is 16.7. The maximum Gasteiger partial charge on any atom is 0.321 e. The Hall–Kier alpha value is -2.66. The summed E-state index contributed by atoms with van der Waals surface area (Å²) in [4.78, 5) is 23.4. The smallest absolute Gasteiger partial charge is 0.321 e. The summed E-state index contributed by atoms with van der Waals surface area (Å²) in [6, 6.07) is 15.9. The lowest BCUT2D eigenvalue weighted by molar-refractivity contribution is -0.141. The molecule has 2 rings (SSSR count). The van der Waals surface area contributed by atoms with Gasteiger partial charge >= 0.3 is 5.97 Å². The molecule has 2 aromatic rings. The number of hydrogen-bond acceptors (Lipinski definition) is 3. The number of rotatable bonds is 7. The summed E-state index contributed by atoms with van der Waals surface area (Å²) in [7, 11) is 0. The fraction of sp³-hybridized carbons (Fsp3) is 0.222. The van der Waals surface area contributed by atoms with Gasteiger partial charge in [0.1, 0.15) is 6.04 Å². The van der Waals surface area contributed by atoms with Gasteiger partial charge in [0.2, 0.25) is 5.91 Å². The van der Waals surface area contributed by atoms with Crippen molar-refractivity contribution in [1.82, 2.24) is 5.32 Å². The van der Waals surface area contributed by atoms with Crippen LogP contribution < -0.4 is 10.6 Å². The Kier molecular flexibility index (Phi) is 5.88. The highest BCUT2D eigenvalue weighted by Crippen LogP contribution is 2.10. The number of nitrogens with one attached hydrogen (secondary N) is 2. The van der Waals surface area contributed by atoms with E-state index >= 15 is 0 Å². The number of carboxylic acids is 1. The molecule has 0 unspecified atom stereocenters. The lowest BCUT2D eigenvalue weighted by Crippen LogP contribution is -2.39. The van der Waals surface area contributed by atoms with Gasteiger partial charge in [0.25, 0.3) is 0 Å². The number of carboxylic acid groups (broad SMARTS) is 1. The quantitative estimate of drug-likeness (QED) is 0.734. The van der Waals surface area contributed by atoms with Crippen molar-refractivity contribution >= 4 is 17.6 Å². The topological polar surface area (TPSA) is 78.4 Å². The fourth-order valence-corrected chi connectivity index (χ4v) is 2.20. The first-order valence-corrected chi connectivity index (χ1v) is 7.41. The number of benzene rings is 2. The molecule has 5 heteroatoms. The van der Waals surface area contributed by atoms with Gasteiger partial charge in [-0.05, 0) is 30.2 Å². The van der Waals surface area contributed by atoms with Gasteiger partial charge in [-0.1, -0.05) is 42.5 Å². The summed E-state index contributed by atoms with van der Waals surface area (Å²) >= 11 is 0. The van der Waals surface area contributed by atoms with Crippen molar-refractivity contribution in [3.05, 3.63) is 65.7 Å². The molecule has 0 saturated heterocycles. The van der Waals surface area contributed by atoms with Gasteiger partial charge in [-0.25, -0.2) is 0 Å². The number of amides is 1. The minimum absolute atomic E-state index is 0.129. The van der Waals surface area contributed by atoms with Gasteiger partial charge < -0.3 is 10.4 Å². The van der Waals surface area contributed by atoms with Crippen LogP contribution in [0.2, 0.25) is 0 Å². The average molecular weight is 312 g/mol. The standard InChI is InChI=1S/C18H20N2O3/c1-13-6-5-9-15(10-13)20-17(21)11-16(18(22)23)19-12-14-7-3-2-4-8-14/h2-10,16,19H,11-12H2,1H3,(H,20,21)(H,22,23)/t16-/m1/s1. The monoisotopic (exact) mass is 312 g/mol. The maximum atomic E-state index is 12.0. The summed E-state index contributed by atoms with van der Waals surface area (Å²) in [6.45, 7) is 2.33. The molecule has 0 saturated carbocycles. The Labute approximate surface area is 135 Å². The van der Waals surface area contributed by atoms with Crippen LogP contribution in [-0.2, 0) is 16.1 Å². The molecule has 2 aromatic carbocycles. The van der Waals surface area contributed by atoms with Crippen molar-refractivity contribution in [2.75, 3.05) is 5.32 Å². The molecular weight excluding hydrogens is 292 g/mol. The minimum atomic E-state index is -1.04. The van der Waals surface area contributed by atoms with Gasteiger partial charge in [0.15, 0.2) is 0 Å². The summed E-state index contributed by atoms with van der Waals surface area (Å²) in [6.07, 6.45) is -0.129. The zero-order valence-corrected chi connectivity index (χ0v) is 13.0. The summed E-state index contributed by atoms with van der Waals surface area (Å²) in [5.74, 6) is -1.37. The molecule has 0 spiro atoms. The molecule has 0 bridgehead atoms. The molecule has 5 nitrogen and oxygen atoms in total. The minimum Gasteiger partial charge on any atom is -0.480 e. The predicted molar refractivity (Wildman–Crippen MR) is 89.1 cm³/mol. The molecule has 23 heavy (non-hydrogen) atoms. The van der Waals surface area contributed by atoms with Gasteiger partial charge in [-0.15, -0.1) is 0 Å². The normalized spacial score (nSPS) is 11.7. The van der Waals surface area contributed by atoms with E-state index in [1.54, 1.807) is 6.07 Å². The molecule has 1 atom stereocenters. The van der Waals surface area contributed by atoms with E-state index in [9.17, 15) is 14.7 Å². The maximum absolute atomic E-state index is 12.0. The van der Waals surface area contributed by atoms with Crippen LogP contribution in [0, 0.1) is 6.92 Å². The highest BCUT2D eigenvalue weighted by Gasteiger charge is 2.20. The van der Waals surface area contributed by atoms with Crippen molar-refractivity contribution in [2.45, 2.75) is 25.9 Å². The van der Waals surface area contributed by atoms with Crippen LogP contribution in [0.3, 0.4) is 0 Å². The molecular formula is C18H20N2O3. The molecule has 0 aliphatic heterocycles. The third-order valence-corrected chi connectivity index (χ3v) is 3.38.